The number of nitrogens with one attached hydrogen (secondary N) is 1. The van der Waals surface area contributed by atoms with Crippen LogP contribution >= 0.6 is 12.4 Å². The second-order valence-corrected chi connectivity index (χ2v) is 6.41. The molecule has 116 valence electrons. The van der Waals surface area contributed by atoms with E-state index in [0.717, 1.165) is 23.9 Å². The van der Waals surface area contributed by atoms with Gasteiger partial charge in [-0.05, 0) is 50.1 Å². The quantitative estimate of drug-likeness (QED) is 0.794. The highest BCUT2D eigenvalue weighted by Gasteiger charge is 2.17. The Bertz CT molecular complexity index is 704. The zero-order valence-electron chi connectivity index (χ0n) is 11.9. The molecule has 0 aliphatic rings. The lowest BCUT2D eigenvalue weighted by Crippen LogP contribution is -2.25. The van der Waals surface area contributed by atoms with Gasteiger partial charge < -0.3 is 5.73 Å². The average molecular weight is 330 g/mol. The fraction of sp³-hybridized carbons (Fsp3) is 0.357. The number of nitrogens with zero attached hydrogens (tertiary/aromatic N) is 1. The zero-order valence-corrected chi connectivity index (χ0v) is 13.5. The van der Waals surface area contributed by atoms with Crippen LogP contribution in [0.2, 0.25) is 0 Å². The molecule has 0 aliphatic carbocycles. The molecule has 3 N–H and O–H groups in total. The molecular formula is C14H20ClN3O2S. The van der Waals surface area contributed by atoms with E-state index in [1.54, 1.807) is 30.5 Å². The first-order chi connectivity index (χ1) is 9.56. The predicted molar refractivity (Wildman–Crippen MR) is 87.2 cm³/mol. The lowest BCUT2D eigenvalue weighted by Gasteiger charge is -2.10. The first-order valence-corrected chi connectivity index (χ1v) is 8.08. The summed E-state index contributed by atoms with van der Waals surface area (Å²) in [6, 6.07) is 6.94. The molecule has 0 unspecified atom stereocenters. The van der Waals surface area contributed by atoms with E-state index in [1.165, 1.54) is 0 Å². The van der Waals surface area contributed by atoms with E-state index >= 15 is 0 Å². The maximum atomic E-state index is 12.4. The molecule has 1 aromatic heterocycles. The highest BCUT2D eigenvalue weighted by Crippen LogP contribution is 2.23. The Morgan fingerprint density at radius 3 is 2.71 bits per heavy atom. The molecule has 0 bridgehead atoms. The van der Waals surface area contributed by atoms with Crippen LogP contribution in [0.1, 0.15) is 18.4 Å². The maximum absolute atomic E-state index is 12.4. The van der Waals surface area contributed by atoms with Gasteiger partial charge in [-0.2, -0.15) is 0 Å². The molecule has 0 aliphatic heterocycles. The van der Waals surface area contributed by atoms with Crippen molar-refractivity contribution < 1.29 is 8.42 Å². The summed E-state index contributed by atoms with van der Waals surface area (Å²) in [5, 5.41) is 0.652. The topological polar surface area (TPSA) is 85.1 Å². The van der Waals surface area contributed by atoms with Gasteiger partial charge >= 0.3 is 0 Å². The molecule has 0 saturated carbocycles. The third-order valence-electron chi connectivity index (χ3n) is 3.14. The summed E-state index contributed by atoms with van der Waals surface area (Å²) in [6.07, 6.45) is 3.21. The number of hydrogen-bond acceptors (Lipinski definition) is 4. The molecule has 0 radical (unpaired) electrons. The molecule has 0 amide bonds. The van der Waals surface area contributed by atoms with Crippen LogP contribution in [0, 0.1) is 6.92 Å². The van der Waals surface area contributed by atoms with Crippen molar-refractivity contribution in [2.24, 2.45) is 5.73 Å². The normalized spacial score (nSPS) is 11.3. The number of halogens is 1. The minimum Gasteiger partial charge on any atom is -0.330 e. The average Bonchev–Trinajstić information content (AvgIpc) is 2.44. The molecule has 7 heteroatoms. The van der Waals surface area contributed by atoms with Gasteiger partial charge in [-0.3, -0.25) is 4.98 Å². The first kappa shape index (κ1) is 17.8. The zero-order chi connectivity index (χ0) is 14.6. The van der Waals surface area contributed by atoms with Crippen LogP contribution in [-0.4, -0.2) is 26.5 Å². The lowest BCUT2D eigenvalue weighted by atomic mass is 10.1. The number of hydrogen-bond donors (Lipinski definition) is 2. The van der Waals surface area contributed by atoms with E-state index in [1.807, 2.05) is 6.92 Å². The van der Waals surface area contributed by atoms with Crippen molar-refractivity contribution in [2.45, 2.75) is 24.7 Å². The Morgan fingerprint density at radius 1 is 1.24 bits per heavy atom. The van der Waals surface area contributed by atoms with Gasteiger partial charge in [0.05, 0.1) is 10.4 Å². The van der Waals surface area contributed by atoms with E-state index in [2.05, 4.69) is 9.71 Å². The van der Waals surface area contributed by atoms with E-state index in [-0.39, 0.29) is 17.3 Å². The van der Waals surface area contributed by atoms with Gasteiger partial charge in [0.1, 0.15) is 0 Å². The highest BCUT2D eigenvalue weighted by atomic mass is 35.5. The number of aromatic nitrogens is 1. The summed E-state index contributed by atoms with van der Waals surface area (Å²) < 4.78 is 27.3. The fourth-order valence-electron chi connectivity index (χ4n) is 2.08. The smallest absolute Gasteiger partial charge is 0.241 e. The van der Waals surface area contributed by atoms with Crippen molar-refractivity contribution in [1.82, 2.24) is 9.71 Å². The van der Waals surface area contributed by atoms with Crippen molar-refractivity contribution in [2.75, 3.05) is 13.1 Å². The number of benzene rings is 1. The van der Waals surface area contributed by atoms with Crippen molar-refractivity contribution in [3.8, 4) is 0 Å². The summed E-state index contributed by atoms with van der Waals surface area (Å²) in [4.78, 5) is 4.53. The standard InChI is InChI=1S/C14H19N3O2S.ClH/c1-11-6-7-13(12-5-4-9-16-14(11)12)20(18,19)17-10-3-2-8-15;/h4-7,9,17H,2-3,8,10,15H2,1H3;1H. The maximum Gasteiger partial charge on any atom is 0.241 e. The first-order valence-electron chi connectivity index (χ1n) is 6.60. The van der Waals surface area contributed by atoms with Gasteiger partial charge in [0, 0.05) is 18.1 Å². The third-order valence-corrected chi connectivity index (χ3v) is 4.66. The minimum atomic E-state index is -3.51. The number of fused-ring (bicyclic) bond motifs is 1. The van der Waals surface area contributed by atoms with E-state index in [9.17, 15) is 8.42 Å². The second-order valence-electron chi connectivity index (χ2n) is 4.67. The van der Waals surface area contributed by atoms with Crippen LogP contribution in [0.25, 0.3) is 10.9 Å². The van der Waals surface area contributed by atoms with Crippen LogP contribution < -0.4 is 10.5 Å². The molecule has 0 fully saturated rings. The monoisotopic (exact) mass is 329 g/mol. The van der Waals surface area contributed by atoms with Gasteiger partial charge in [0.25, 0.3) is 0 Å². The number of nitrogens with two attached hydrogens (primary N) is 1. The highest BCUT2D eigenvalue weighted by molar-refractivity contribution is 7.89. The molecule has 21 heavy (non-hydrogen) atoms. The second kappa shape index (κ2) is 7.70. The van der Waals surface area contributed by atoms with Gasteiger partial charge in [-0.15, -0.1) is 12.4 Å². The van der Waals surface area contributed by atoms with Gasteiger partial charge in [0.2, 0.25) is 10.0 Å². The van der Waals surface area contributed by atoms with E-state index in [4.69, 9.17) is 5.73 Å². The summed E-state index contributed by atoms with van der Waals surface area (Å²) in [5.41, 5.74) is 7.08. The molecule has 2 aromatic rings. The predicted octanol–water partition coefficient (Wildman–Crippen LogP) is 1.98. The largest absolute Gasteiger partial charge is 0.330 e. The fourth-order valence-corrected chi connectivity index (χ4v) is 3.35. The van der Waals surface area contributed by atoms with Crippen molar-refractivity contribution in [3.63, 3.8) is 0 Å². The number of aryl methyl sites for hydroxylation is 1. The molecular weight excluding hydrogens is 310 g/mol. The number of pyridine rings is 1. The summed E-state index contributed by atoms with van der Waals surface area (Å²) in [7, 11) is -3.51. The van der Waals surface area contributed by atoms with Crippen molar-refractivity contribution in [1.29, 1.82) is 0 Å². The minimum absolute atomic E-state index is 0. The van der Waals surface area contributed by atoms with E-state index in [0.29, 0.717) is 18.5 Å². The SMILES string of the molecule is Cc1ccc(S(=O)(=O)NCCCCN)c2cccnc12.Cl. The third kappa shape index (κ3) is 4.14. The molecule has 1 heterocycles. The van der Waals surface area contributed by atoms with Gasteiger partial charge in [0.15, 0.2) is 0 Å². The number of sulfonamides is 1. The summed E-state index contributed by atoms with van der Waals surface area (Å²) in [5.74, 6) is 0. The Labute approximate surface area is 131 Å². The van der Waals surface area contributed by atoms with Crippen LogP contribution in [0.4, 0.5) is 0 Å². The van der Waals surface area contributed by atoms with Crippen LogP contribution in [0.15, 0.2) is 35.4 Å². The van der Waals surface area contributed by atoms with Crippen molar-refractivity contribution >= 4 is 33.3 Å². The Morgan fingerprint density at radius 2 is 2.00 bits per heavy atom. The number of unbranched alkanes of at least 4 members (excludes halogenated alkanes) is 1. The molecule has 2 rings (SSSR count). The molecule has 1 aromatic carbocycles. The summed E-state index contributed by atoms with van der Waals surface area (Å²) in [6.45, 7) is 2.88. The lowest BCUT2D eigenvalue weighted by molar-refractivity contribution is 0.578. The van der Waals surface area contributed by atoms with E-state index < -0.39 is 10.0 Å². The molecule has 0 spiro atoms. The van der Waals surface area contributed by atoms with Crippen LogP contribution in [-0.2, 0) is 10.0 Å². The van der Waals surface area contributed by atoms with Crippen LogP contribution in [0.3, 0.4) is 0 Å². The summed E-state index contributed by atoms with van der Waals surface area (Å²) >= 11 is 0. The van der Waals surface area contributed by atoms with Gasteiger partial charge in [-0.1, -0.05) is 6.07 Å². The Kier molecular flexibility index (Phi) is 6.54. The molecule has 5 nitrogen and oxygen atoms in total. The van der Waals surface area contributed by atoms with Crippen molar-refractivity contribution in [3.05, 3.63) is 36.0 Å². The Balaban J connectivity index is 0.00000220. The van der Waals surface area contributed by atoms with Gasteiger partial charge in [-0.25, -0.2) is 13.1 Å². The van der Waals surface area contributed by atoms with Crippen LogP contribution in [0.5, 0.6) is 0 Å². The Hall–Kier alpha value is -1.21. The number of rotatable bonds is 6. The molecule has 0 atom stereocenters. The molecule has 0 saturated heterocycles.